The van der Waals surface area contributed by atoms with Crippen molar-refractivity contribution in [3.63, 3.8) is 0 Å². The number of anilines is 1. The third kappa shape index (κ3) is 2.01. The van der Waals surface area contributed by atoms with Crippen LogP contribution in [-0.2, 0) is 13.6 Å². The first-order valence-corrected chi connectivity index (χ1v) is 6.46. The van der Waals surface area contributed by atoms with Gasteiger partial charge in [0, 0.05) is 36.6 Å². The summed E-state index contributed by atoms with van der Waals surface area (Å²) in [7, 11) is 1.96. The maximum Gasteiger partial charge on any atom is 0.254 e. The average molecular weight is 271 g/mol. The lowest BCUT2D eigenvalue weighted by Crippen LogP contribution is -2.08. The van der Waals surface area contributed by atoms with Crippen molar-refractivity contribution in [3.05, 3.63) is 35.0 Å². The van der Waals surface area contributed by atoms with Crippen LogP contribution in [0.15, 0.2) is 12.4 Å². The fraction of sp³-hybridized carbons (Fsp3) is 0.385. The smallest absolute Gasteiger partial charge is 0.254 e. The molecule has 0 aliphatic heterocycles. The molecule has 3 aromatic rings. The summed E-state index contributed by atoms with van der Waals surface area (Å²) in [4.78, 5) is 8.44. The Morgan fingerprint density at radius 2 is 2.05 bits per heavy atom. The number of hydrogen-bond donors (Lipinski definition) is 1. The van der Waals surface area contributed by atoms with Crippen molar-refractivity contribution in [2.24, 2.45) is 7.05 Å². The lowest BCUT2D eigenvalue weighted by atomic mass is 10.2. The maximum absolute atomic E-state index is 4.42. The molecule has 0 bridgehead atoms. The first kappa shape index (κ1) is 12.6. The highest BCUT2D eigenvalue weighted by atomic mass is 15.4. The van der Waals surface area contributed by atoms with Crippen molar-refractivity contribution in [1.29, 1.82) is 0 Å². The van der Waals surface area contributed by atoms with E-state index >= 15 is 0 Å². The van der Waals surface area contributed by atoms with Crippen molar-refractivity contribution in [1.82, 2.24) is 29.4 Å². The van der Waals surface area contributed by atoms with Crippen LogP contribution in [0.25, 0.3) is 5.78 Å². The number of nitrogens with zero attached hydrogens (tertiary/aromatic N) is 6. The zero-order valence-electron chi connectivity index (χ0n) is 12.0. The van der Waals surface area contributed by atoms with Crippen molar-refractivity contribution in [2.75, 3.05) is 5.32 Å². The highest BCUT2D eigenvalue weighted by Gasteiger charge is 2.10. The Morgan fingerprint density at radius 1 is 1.25 bits per heavy atom. The quantitative estimate of drug-likeness (QED) is 0.779. The van der Waals surface area contributed by atoms with Crippen LogP contribution in [-0.4, -0.2) is 29.4 Å². The molecule has 0 unspecified atom stereocenters. The molecule has 0 aliphatic carbocycles. The van der Waals surface area contributed by atoms with Gasteiger partial charge in [-0.05, 0) is 20.8 Å². The van der Waals surface area contributed by atoms with E-state index in [1.54, 1.807) is 4.52 Å². The number of fused-ring (bicyclic) bond motifs is 1. The zero-order valence-corrected chi connectivity index (χ0v) is 12.0. The van der Waals surface area contributed by atoms with Crippen LogP contribution in [0.5, 0.6) is 0 Å². The molecule has 0 amide bonds. The maximum atomic E-state index is 4.42. The lowest BCUT2D eigenvalue weighted by molar-refractivity contribution is 0.730. The topological polar surface area (TPSA) is 72.9 Å². The molecule has 3 aromatic heterocycles. The molecule has 7 nitrogen and oxygen atoms in total. The number of aryl methyl sites for hydroxylation is 3. The molecule has 0 saturated carbocycles. The predicted octanol–water partition coefficient (Wildman–Crippen LogP) is 1.40. The van der Waals surface area contributed by atoms with E-state index in [0.29, 0.717) is 12.3 Å². The van der Waals surface area contributed by atoms with Gasteiger partial charge in [-0.25, -0.2) is 4.98 Å². The third-order valence-corrected chi connectivity index (χ3v) is 3.49. The van der Waals surface area contributed by atoms with Crippen LogP contribution in [0.1, 0.15) is 22.6 Å². The molecule has 20 heavy (non-hydrogen) atoms. The van der Waals surface area contributed by atoms with Gasteiger partial charge in [-0.1, -0.05) is 0 Å². The Labute approximate surface area is 116 Å². The second-order valence-corrected chi connectivity index (χ2v) is 4.88. The predicted molar refractivity (Wildman–Crippen MR) is 75.5 cm³/mol. The molecule has 7 heteroatoms. The second-order valence-electron chi connectivity index (χ2n) is 4.88. The fourth-order valence-electron chi connectivity index (χ4n) is 2.31. The van der Waals surface area contributed by atoms with Crippen LogP contribution in [0.3, 0.4) is 0 Å². The molecule has 1 N–H and O–H groups in total. The fourth-order valence-corrected chi connectivity index (χ4v) is 2.31. The van der Waals surface area contributed by atoms with Gasteiger partial charge in [0.2, 0.25) is 0 Å². The number of aromatic nitrogens is 6. The van der Waals surface area contributed by atoms with Gasteiger partial charge in [0.15, 0.2) is 0 Å². The van der Waals surface area contributed by atoms with Crippen molar-refractivity contribution in [3.8, 4) is 0 Å². The summed E-state index contributed by atoms with van der Waals surface area (Å²) in [5, 5.41) is 12.0. The monoisotopic (exact) mass is 271 g/mol. The number of hydrogen-bond acceptors (Lipinski definition) is 5. The molecule has 0 spiro atoms. The first-order valence-electron chi connectivity index (χ1n) is 6.46. The highest BCUT2D eigenvalue weighted by molar-refractivity contribution is 5.45. The normalized spacial score (nSPS) is 11.2. The van der Waals surface area contributed by atoms with Crippen LogP contribution in [0, 0.1) is 20.8 Å². The van der Waals surface area contributed by atoms with Crippen LogP contribution < -0.4 is 5.32 Å². The van der Waals surface area contributed by atoms with Crippen molar-refractivity contribution >= 4 is 11.6 Å². The molecule has 0 saturated heterocycles. The van der Waals surface area contributed by atoms with Gasteiger partial charge in [-0.15, -0.1) is 0 Å². The van der Waals surface area contributed by atoms with Crippen LogP contribution in [0.4, 0.5) is 5.82 Å². The summed E-state index contributed by atoms with van der Waals surface area (Å²) in [6, 6.07) is 1.96. The molecule has 0 radical (unpaired) electrons. The van der Waals surface area contributed by atoms with Gasteiger partial charge in [-0.3, -0.25) is 4.68 Å². The second kappa shape index (κ2) is 4.59. The van der Waals surface area contributed by atoms with Gasteiger partial charge in [0.25, 0.3) is 5.78 Å². The molecule has 3 heterocycles. The Balaban J connectivity index is 1.92. The first-order chi connectivity index (χ1) is 9.56. The molecule has 104 valence electrons. The summed E-state index contributed by atoms with van der Waals surface area (Å²) in [5.41, 5.74) is 4.32. The van der Waals surface area contributed by atoms with E-state index in [0.717, 1.165) is 22.9 Å². The Kier molecular flexibility index (Phi) is 2.89. The SMILES string of the molecule is Cc1cc(NCc2c(C)nn(C)c2C)n2ncnc2n1. The lowest BCUT2D eigenvalue weighted by Gasteiger charge is -2.09. The zero-order chi connectivity index (χ0) is 14.3. The van der Waals surface area contributed by atoms with E-state index in [9.17, 15) is 0 Å². The van der Waals surface area contributed by atoms with Gasteiger partial charge < -0.3 is 5.32 Å². The molecule has 3 rings (SSSR count). The highest BCUT2D eigenvalue weighted by Crippen LogP contribution is 2.16. The summed E-state index contributed by atoms with van der Waals surface area (Å²) in [6.07, 6.45) is 1.51. The third-order valence-electron chi connectivity index (χ3n) is 3.49. The Bertz CT molecular complexity index is 768. The van der Waals surface area contributed by atoms with Gasteiger partial charge in [0.1, 0.15) is 12.1 Å². The summed E-state index contributed by atoms with van der Waals surface area (Å²) in [6.45, 7) is 6.73. The largest absolute Gasteiger partial charge is 0.366 e. The van der Waals surface area contributed by atoms with Crippen LogP contribution in [0.2, 0.25) is 0 Å². The molecular formula is C13H17N7. The molecule has 0 aromatic carbocycles. The van der Waals surface area contributed by atoms with Crippen molar-refractivity contribution in [2.45, 2.75) is 27.3 Å². The van der Waals surface area contributed by atoms with Gasteiger partial charge in [-0.2, -0.15) is 19.7 Å². The minimum atomic E-state index is 0.604. The molecule has 0 fully saturated rings. The number of rotatable bonds is 3. The summed E-state index contributed by atoms with van der Waals surface area (Å²) in [5.74, 6) is 1.49. The Morgan fingerprint density at radius 3 is 2.75 bits per heavy atom. The standard InChI is InChI=1S/C13H17N7/c1-8-5-12(20-13(17-8)15-7-16-20)14-6-11-9(2)18-19(4)10(11)3/h5,7,14H,6H2,1-4H3. The van der Waals surface area contributed by atoms with E-state index in [-0.39, 0.29) is 0 Å². The van der Waals surface area contributed by atoms with Gasteiger partial charge in [0.05, 0.1) is 5.69 Å². The van der Waals surface area contributed by atoms with E-state index in [1.807, 2.05) is 31.6 Å². The molecule has 0 atom stereocenters. The minimum Gasteiger partial charge on any atom is -0.366 e. The number of nitrogens with one attached hydrogen (secondary N) is 1. The van der Waals surface area contributed by atoms with Crippen LogP contribution >= 0.6 is 0 Å². The summed E-state index contributed by atoms with van der Waals surface area (Å²) < 4.78 is 3.60. The van der Waals surface area contributed by atoms with Crippen molar-refractivity contribution < 1.29 is 0 Å². The minimum absolute atomic E-state index is 0.604. The average Bonchev–Trinajstić information content (AvgIpc) is 2.94. The Hall–Kier alpha value is -2.44. The van der Waals surface area contributed by atoms with E-state index in [2.05, 4.69) is 32.4 Å². The summed E-state index contributed by atoms with van der Waals surface area (Å²) >= 11 is 0. The van der Waals surface area contributed by atoms with E-state index in [1.165, 1.54) is 11.9 Å². The molecule has 0 aliphatic rings. The van der Waals surface area contributed by atoms with E-state index in [4.69, 9.17) is 0 Å². The molecular weight excluding hydrogens is 254 g/mol. The van der Waals surface area contributed by atoms with E-state index < -0.39 is 0 Å². The van der Waals surface area contributed by atoms with Gasteiger partial charge >= 0.3 is 0 Å².